The van der Waals surface area contributed by atoms with Crippen LogP contribution in [0.15, 0.2) is 24.4 Å². The third kappa shape index (κ3) is 2.98. The van der Waals surface area contributed by atoms with Crippen molar-refractivity contribution in [1.29, 1.82) is 0 Å². The van der Waals surface area contributed by atoms with Crippen molar-refractivity contribution in [2.45, 2.75) is 6.42 Å². The zero-order chi connectivity index (χ0) is 8.81. The van der Waals surface area contributed by atoms with E-state index >= 15 is 0 Å². The average molecular weight is 165 g/mol. The molecule has 0 aliphatic heterocycles. The molecule has 0 atom stereocenters. The summed E-state index contributed by atoms with van der Waals surface area (Å²) in [5.41, 5.74) is 6.56. The number of nitrogens with two attached hydrogens (primary N) is 1. The minimum Gasteiger partial charge on any atom is -0.318 e. The molecule has 1 aromatic heterocycles. The van der Waals surface area contributed by atoms with Crippen molar-refractivity contribution >= 4 is 0 Å². The molecule has 0 amide bonds. The lowest BCUT2D eigenvalue weighted by atomic mass is 10.2. The highest BCUT2D eigenvalue weighted by Gasteiger charge is 1.96. The van der Waals surface area contributed by atoms with Crippen molar-refractivity contribution in [1.82, 2.24) is 9.88 Å². The molecule has 2 N–H and O–H groups in total. The zero-order valence-electron chi connectivity index (χ0n) is 7.40. The van der Waals surface area contributed by atoms with Crippen LogP contribution in [0.4, 0.5) is 0 Å². The molecule has 1 heterocycles. The lowest BCUT2D eigenvalue weighted by Crippen LogP contribution is -2.27. The van der Waals surface area contributed by atoms with Crippen LogP contribution in [-0.4, -0.2) is 30.1 Å². The summed E-state index contributed by atoms with van der Waals surface area (Å²) in [6.45, 7) is 1.57. The zero-order valence-corrected chi connectivity index (χ0v) is 7.40. The van der Waals surface area contributed by atoms with Gasteiger partial charge in [0.2, 0.25) is 0 Å². The van der Waals surface area contributed by atoms with Gasteiger partial charge < -0.3 is 5.73 Å². The largest absolute Gasteiger partial charge is 0.318 e. The number of hydrogen-bond acceptors (Lipinski definition) is 3. The molecule has 0 saturated carbocycles. The van der Waals surface area contributed by atoms with Gasteiger partial charge in [0.05, 0.1) is 0 Å². The van der Waals surface area contributed by atoms with Crippen LogP contribution in [0.5, 0.6) is 0 Å². The van der Waals surface area contributed by atoms with E-state index in [0.29, 0.717) is 6.67 Å². The Morgan fingerprint density at radius 3 is 2.92 bits per heavy atom. The molecule has 3 heteroatoms. The van der Waals surface area contributed by atoms with Crippen molar-refractivity contribution in [2.75, 3.05) is 20.3 Å². The SMILES string of the molecule is CN(CN)CCc1ccccn1. The molecule has 66 valence electrons. The number of rotatable bonds is 4. The number of aromatic nitrogens is 1. The maximum absolute atomic E-state index is 5.44. The number of nitrogens with zero attached hydrogens (tertiary/aromatic N) is 2. The fourth-order valence-electron chi connectivity index (χ4n) is 0.943. The van der Waals surface area contributed by atoms with Crippen molar-refractivity contribution < 1.29 is 0 Å². The second-order valence-electron chi connectivity index (χ2n) is 2.83. The van der Waals surface area contributed by atoms with Crippen LogP contribution < -0.4 is 5.73 Å². The van der Waals surface area contributed by atoms with E-state index in [9.17, 15) is 0 Å². The number of pyridine rings is 1. The van der Waals surface area contributed by atoms with Gasteiger partial charge >= 0.3 is 0 Å². The predicted molar refractivity (Wildman–Crippen MR) is 49.6 cm³/mol. The van der Waals surface area contributed by atoms with Crippen LogP contribution in [-0.2, 0) is 6.42 Å². The molecule has 0 unspecified atom stereocenters. The first-order chi connectivity index (χ1) is 5.83. The highest BCUT2D eigenvalue weighted by molar-refractivity contribution is 5.03. The van der Waals surface area contributed by atoms with Crippen molar-refractivity contribution in [2.24, 2.45) is 5.73 Å². The molecule has 0 aliphatic rings. The molecule has 0 aliphatic carbocycles. The van der Waals surface area contributed by atoms with Gasteiger partial charge in [-0.25, -0.2) is 0 Å². The fraction of sp³-hybridized carbons (Fsp3) is 0.444. The summed E-state index contributed by atoms with van der Waals surface area (Å²) in [4.78, 5) is 6.28. The molecule has 0 aromatic carbocycles. The van der Waals surface area contributed by atoms with Gasteiger partial charge in [-0.05, 0) is 19.2 Å². The van der Waals surface area contributed by atoms with Gasteiger partial charge in [-0.3, -0.25) is 9.88 Å². The van der Waals surface area contributed by atoms with Gasteiger partial charge in [-0.2, -0.15) is 0 Å². The van der Waals surface area contributed by atoms with E-state index in [-0.39, 0.29) is 0 Å². The fourth-order valence-corrected chi connectivity index (χ4v) is 0.943. The molecule has 0 bridgehead atoms. The van der Waals surface area contributed by atoms with Crippen molar-refractivity contribution in [3.05, 3.63) is 30.1 Å². The van der Waals surface area contributed by atoms with E-state index in [0.717, 1.165) is 18.7 Å². The number of hydrogen-bond donors (Lipinski definition) is 1. The predicted octanol–water partition coefficient (Wildman–Crippen LogP) is 0.472. The maximum atomic E-state index is 5.44. The summed E-state index contributed by atoms with van der Waals surface area (Å²) in [6, 6.07) is 5.96. The quantitative estimate of drug-likeness (QED) is 0.659. The Morgan fingerprint density at radius 2 is 2.33 bits per heavy atom. The average Bonchev–Trinajstić information content (AvgIpc) is 2.16. The summed E-state index contributed by atoms with van der Waals surface area (Å²) in [5.74, 6) is 0. The Balaban J connectivity index is 2.33. The normalized spacial score (nSPS) is 10.6. The van der Waals surface area contributed by atoms with Crippen LogP contribution in [0.3, 0.4) is 0 Å². The van der Waals surface area contributed by atoms with Gasteiger partial charge in [0.15, 0.2) is 0 Å². The molecule has 0 spiro atoms. The van der Waals surface area contributed by atoms with E-state index in [1.807, 2.05) is 31.4 Å². The summed E-state index contributed by atoms with van der Waals surface area (Å²) < 4.78 is 0. The van der Waals surface area contributed by atoms with Crippen LogP contribution >= 0.6 is 0 Å². The van der Waals surface area contributed by atoms with Crippen molar-refractivity contribution in [3.8, 4) is 0 Å². The summed E-state index contributed by atoms with van der Waals surface area (Å²) in [6.07, 6.45) is 2.78. The Labute approximate surface area is 73.2 Å². The topological polar surface area (TPSA) is 42.1 Å². The Bertz CT molecular complexity index is 210. The molecule has 0 radical (unpaired) electrons. The van der Waals surface area contributed by atoms with E-state index in [2.05, 4.69) is 9.88 Å². The van der Waals surface area contributed by atoms with Crippen LogP contribution in [0.1, 0.15) is 5.69 Å². The second-order valence-corrected chi connectivity index (χ2v) is 2.83. The summed E-state index contributed by atoms with van der Waals surface area (Å²) >= 11 is 0. The smallest absolute Gasteiger partial charge is 0.0452 e. The maximum Gasteiger partial charge on any atom is 0.0452 e. The highest BCUT2D eigenvalue weighted by atomic mass is 15.1. The van der Waals surface area contributed by atoms with Crippen LogP contribution in [0.25, 0.3) is 0 Å². The lowest BCUT2D eigenvalue weighted by Gasteiger charge is -2.12. The van der Waals surface area contributed by atoms with E-state index < -0.39 is 0 Å². The molecule has 0 fully saturated rings. The molecule has 1 aromatic rings. The molecule has 1 rings (SSSR count). The first-order valence-electron chi connectivity index (χ1n) is 4.11. The van der Waals surface area contributed by atoms with Crippen LogP contribution in [0, 0.1) is 0 Å². The van der Waals surface area contributed by atoms with E-state index in [1.165, 1.54) is 0 Å². The lowest BCUT2D eigenvalue weighted by molar-refractivity contribution is 0.348. The van der Waals surface area contributed by atoms with Gasteiger partial charge in [-0.1, -0.05) is 6.07 Å². The minimum atomic E-state index is 0.604. The summed E-state index contributed by atoms with van der Waals surface area (Å²) in [7, 11) is 2.00. The van der Waals surface area contributed by atoms with E-state index in [4.69, 9.17) is 5.73 Å². The molecular weight excluding hydrogens is 150 g/mol. The molecule has 12 heavy (non-hydrogen) atoms. The van der Waals surface area contributed by atoms with Gasteiger partial charge in [0, 0.05) is 31.5 Å². The van der Waals surface area contributed by atoms with E-state index in [1.54, 1.807) is 0 Å². The second kappa shape index (κ2) is 4.85. The molecule has 0 saturated heterocycles. The third-order valence-corrected chi connectivity index (χ3v) is 1.79. The first kappa shape index (κ1) is 9.16. The monoisotopic (exact) mass is 165 g/mol. The Hall–Kier alpha value is -0.930. The standard InChI is InChI=1S/C9H15N3/c1-12(8-10)7-5-9-4-2-3-6-11-9/h2-4,6H,5,7-8,10H2,1H3. The first-order valence-corrected chi connectivity index (χ1v) is 4.11. The third-order valence-electron chi connectivity index (χ3n) is 1.79. The number of likely N-dealkylation sites (N-methyl/N-ethyl adjacent to an activating group) is 1. The summed E-state index contributed by atoms with van der Waals surface area (Å²) in [5, 5.41) is 0. The van der Waals surface area contributed by atoms with Gasteiger partial charge in [0.1, 0.15) is 0 Å². The Morgan fingerprint density at radius 1 is 1.50 bits per heavy atom. The highest BCUT2D eigenvalue weighted by Crippen LogP contribution is 1.94. The minimum absolute atomic E-state index is 0.604. The van der Waals surface area contributed by atoms with Gasteiger partial charge in [0.25, 0.3) is 0 Å². The van der Waals surface area contributed by atoms with Gasteiger partial charge in [-0.15, -0.1) is 0 Å². The van der Waals surface area contributed by atoms with Crippen molar-refractivity contribution in [3.63, 3.8) is 0 Å². The molecular formula is C9H15N3. The molecule has 3 nitrogen and oxygen atoms in total. The van der Waals surface area contributed by atoms with Crippen LogP contribution in [0.2, 0.25) is 0 Å². The Kier molecular flexibility index (Phi) is 3.70.